The topological polar surface area (TPSA) is 107 Å². The number of aliphatic hydroxyl groups is 3. The molecule has 0 amide bonds. The molecular weight excluding hydrogens is 396 g/mol. The van der Waals surface area contributed by atoms with Crippen LogP contribution in [0, 0.1) is 17.8 Å². The van der Waals surface area contributed by atoms with E-state index >= 15 is 0 Å². The second-order valence-corrected chi connectivity index (χ2v) is 8.99. The summed E-state index contributed by atoms with van der Waals surface area (Å²) in [6.07, 6.45) is 0.303. The van der Waals surface area contributed by atoms with E-state index in [4.69, 9.17) is 4.74 Å². The van der Waals surface area contributed by atoms with Crippen LogP contribution in [0.4, 0.5) is 0 Å². The normalized spacial score (nSPS) is 31.2. The lowest BCUT2D eigenvalue weighted by atomic mass is 9.63. The van der Waals surface area contributed by atoms with E-state index in [9.17, 15) is 25.2 Å². The third-order valence-corrected chi connectivity index (χ3v) is 6.41. The largest absolute Gasteiger partial charge is 0.508 e. The van der Waals surface area contributed by atoms with E-state index in [1.165, 1.54) is 18.4 Å². The van der Waals surface area contributed by atoms with Crippen molar-refractivity contribution >= 4 is 11.4 Å². The quantitative estimate of drug-likeness (QED) is 0.519. The van der Waals surface area contributed by atoms with Crippen LogP contribution in [0.5, 0.6) is 5.75 Å². The minimum absolute atomic E-state index is 0.0860. The minimum Gasteiger partial charge on any atom is -0.508 e. The Kier molecular flexibility index (Phi) is 7.04. The number of phenols is 1. The number of phenolic OH excluding ortho intramolecular Hbond substituents is 1. The molecule has 0 bridgehead atoms. The number of aliphatic hydroxyl groups excluding tert-OH is 3. The molecule has 7 unspecified atom stereocenters. The van der Waals surface area contributed by atoms with Gasteiger partial charge >= 0.3 is 0 Å². The number of ether oxygens (including phenoxy) is 1. The van der Waals surface area contributed by atoms with Crippen LogP contribution in [-0.2, 0) is 9.53 Å². The monoisotopic (exact) mass is 428 g/mol. The lowest BCUT2D eigenvalue weighted by Crippen LogP contribution is -2.59. The molecule has 1 fully saturated rings. The Morgan fingerprint density at radius 3 is 2.35 bits per heavy atom. The molecule has 6 heteroatoms. The number of carbonyl (C=O) groups excluding carboxylic acids is 1. The number of ketones is 1. The summed E-state index contributed by atoms with van der Waals surface area (Å²) in [7, 11) is 0. The van der Waals surface area contributed by atoms with Gasteiger partial charge in [0.25, 0.3) is 0 Å². The molecule has 0 radical (unpaired) electrons. The summed E-state index contributed by atoms with van der Waals surface area (Å²) < 4.78 is 5.96. The summed E-state index contributed by atoms with van der Waals surface area (Å²) in [6.45, 7) is 9.37. The third kappa shape index (κ3) is 4.76. The van der Waals surface area contributed by atoms with Crippen molar-refractivity contribution in [3.05, 3.63) is 59.9 Å². The van der Waals surface area contributed by atoms with Crippen LogP contribution >= 0.6 is 0 Å². The van der Waals surface area contributed by atoms with E-state index in [1.807, 2.05) is 19.9 Å². The van der Waals surface area contributed by atoms with Crippen LogP contribution < -0.4 is 0 Å². The predicted octanol–water partition coefficient (Wildman–Crippen LogP) is 2.97. The fourth-order valence-corrected chi connectivity index (χ4v) is 4.55. The molecule has 7 atom stereocenters. The molecule has 31 heavy (non-hydrogen) atoms. The molecule has 1 aliphatic heterocycles. The maximum atomic E-state index is 13.5. The molecule has 1 aromatic rings. The van der Waals surface area contributed by atoms with Crippen molar-refractivity contribution in [3.8, 4) is 5.75 Å². The van der Waals surface area contributed by atoms with Crippen molar-refractivity contribution in [2.24, 2.45) is 17.8 Å². The van der Waals surface area contributed by atoms with Gasteiger partial charge in [0, 0.05) is 11.8 Å². The molecule has 4 N–H and O–H groups in total. The van der Waals surface area contributed by atoms with Gasteiger partial charge in [-0.2, -0.15) is 0 Å². The zero-order valence-electron chi connectivity index (χ0n) is 18.2. The van der Waals surface area contributed by atoms with Crippen molar-refractivity contribution in [3.63, 3.8) is 0 Å². The van der Waals surface area contributed by atoms with Gasteiger partial charge in [-0.15, -0.1) is 0 Å². The first kappa shape index (κ1) is 23.3. The zero-order valence-corrected chi connectivity index (χ0v) is 18.2. The first-order valence-electron chi connectivity index (χ1n) is 10.6. The van der Waals surface area contributed by atoms with Crippen LogP contribution in [0.3, 0.4) is 0 Å². The second-order valence-electron chi connectivity index (χ2n) is 8.99. The molecule has 1 aromatic carbocycles. The number of allylic oxidation sites excluding steroid dienone is 3. The Labute approximate surface area is 183 Å². The van der Waals surface area contributed by atoms with E-state index in [0.717, 1.165) is 5.57 Å². The molecule has 2 aliphatic rings. The van der Waals surface area contributed by atoms with Crippen molar-refractivity contribution in [2.45, 2.75) is 58.0 Å². The van der Waals surface area contributed by atoms with Gasteiger partial charge in [0.2, 0.25) is 0 Å². The number of aromatic hydroxyl groups is 1. The number of hydrogen-bond donors (Lipinski definition) is 4. The second kappa shape index (κ2) is 9.39. The number of hydrogen-bond acceptors (Lipinski definition) is 6. The van der Waals surface area contributed by atoms with Crippen molar-refractivity contribution in [1.29, 1.82) is 0 Å². The Morgan fingerprint density at radius 1 is 1.13 bits per heavy atom. The Morgan fingerprint density at radius 2 is 1.77 bits per heavy atom. The first-order chi connectivity index (χ1) is 14.6. The summed E-state index contributed by atoms with van der Waals surface area (Å²) >= 11 is 0. The molecule has 1 aliphatic carbocycles. The van der Waals surface area contributed by atoms with Gasteiger partial charge in [0.15, 0.2) is 5.78 Å². The van der Waals surface area contributed by atoms with Crippen LogP contribution in [-0.4, -0.2) is 50.6 Å². The number of carbonyl (C=O) groups is 1. The molecule has 3 rings (SSSR count). The molecule has 0 aromatic heterocycles. The van der Waals surface area contributed by atoms with Gasteiger partial charge in [0.1, 0.15) is 11.9 Å². The molecular formula is C25H32O6. The van der Waals surface area contributed by atoms with Gasteiger partial charge in [-0.25, -0.2) is 0 Å². The van der Waals surface area contributed by atoms with Crippen molar-refractivity contribution < 1.29 is 30.0 Å². The van der Waals surface area contributed by atoms with Gasteiger partial charge in [-0.1, -0.05) is 35.9 Å². The van der Waals surface area contributed by atoms with Gasteiger partial charge in [-0.05, 0) is 51.3 Å². The summed E-state index contributed by atoms with van der Waals surface area (Å²) in [6, 6.07) is 6.21. The van der Waals surface area contributed by atoms with Crippen LogP contribution in [0.15, 0.2) is 54.3 Å². The fraction of sp³-hybridized carbons (Fsp3) is 0.480. The summed E-state index contributed by atoms with van der Waals surface area (Å²) in [5.41, 5.74) is 2.52. The Bertz CT molecular complexity index is 880. The lowest BCUT2D eigenvalue weighted by Gasteiger charge is -2.49. The Hall–Kier alpha value is -2.41. The van der Waals surface area contributed by atoms with E-state index in [0.29, 0.717) is 23.1 Å². The molecule has 1 heterocycles. The SMILES string of the molecule is C=C(C)C(O)CC1C(O)C(CC=C(C)C)C2OC=C(c3ccc(O)cc3)C(=O)C2C1O. The summed E-state index contributed by atoms with van der Waals surface area (Å²) in [5.74, 6) is -2.15. The van der Waals surface area contributed by atoms with Crippen LogP contribution in [0.25, 0.3) is 5.57 Å². The van der Waals surface area contributed by atoms with Gasteiger partial charge in [-0.3, -0.25) is 4.79 Å². The van der Waals surface area contributed by atoms with E-state index in [2.05, 4.69) is 6.58 Å². The number of benzene rings is 1. The average Bonchev–Trinajstić information content (AvgIpc) is 2.71. The highest BCUT2D eigenvalue weighted by Crippen LogP contribution is 2.45. The zero-order chi connectivity index (χ0) is 22.9. The summed E-state index contributed by atoms with van der Waals surface area (Å²) in [5, 5.41) is 42.2. The van der Waals surface area contributed by atoms with Gasteiger partial charge in [0.05, 0.1) is 36.1 Å². The minimum atomic E-state index is -1.18. The predicted molar refractivity (Wildman–Crippen MR) is 118 cm³/mol. The van der Waals surface area contributed by atoms with Crippen molar-refractivity contribution in [1.82, 2.24) is 0 Å². The lowest BCUT2D eigenvalue weighted by molar-refractivity contribution is -0.170. The molecule has 168 valence electrons. The smallest absolute Gasteiger partial charge is 0.175 e. The van der Waals surface area contributed by atoms with Gasteiger partial charge < -0.3 is 25.2 Å². The number of rotatable bonds is 6. The highest BCUT2D eigenvalue weighted by atomic mass is 16.5. The molecule has 0 spiro atoms. The van der Waals surface area contributed by atoms with Crippen LogP contribution in [0.1, 0.15) is 39.2 Å². The van der Waals surface area contributed by atoms with Crippen LogP contribution in [0.2, 0.25) is 0 Å². The third-order valence-electron chi connectivity index (χ3n) is 6.41. The fourth-order valence-electron chi connectivity index (χ4n) is 4.55. The number of Topliss-reactive ketones (excluding diaryl/α,β-unsaturated/α-hetero) is 1. The van der Waals surface area contributed by atoms with E-state index in [-0.39, 0.29) is 18.0 Å². The maximum absolute atomic E-state index is 13.5. The average molecular weight is 429 g/mol. The number of fused-ring (bicyclic) bond motifs is 1. The molecule has 1 saturated carbocycles. The maximum Gasteiger partial charge on any atom is 0.175 e. The van der Waals surface area contributed by atoms with E-state index in [1.54, 1.807) is 19.1 Å². The van der Waals surface area contributed by atoms with Crippen molar-refractivity contribution in [2.75, 3.05) is 0 Å². The highest BCUT2D eigenvalue weighted by molar-refractivity contribution is 6.22. The standard InChI is InChI=1S/C25H32O6/c1-13(2)5-10-17-22(28)18(11-20(27)14(3)4)23(29)21-24(30)19(12-31-25(17)21)15-6-8-16(26)9-7-15/h5-9,12,17-18,20-23,25-29H,3,10-11H2,1-2,4H3. The highest BCUT2D eigenvalue weighted by Gasteiger charge is 2.55. The van der Waals surface area contributed by atoms with E-state index < -0.39 is 42.2 Å². The summed E-state index contributed by atoms with van der Waals surface area (Å²) in [4.78, 5) is 13.5. The molecule has 0 saturated heterocycles. The Balaban J connectivity index is 1.98. The molecule has 6 nitrogen and oxygen atoms in total. The first-order valence-corrected chi connectivity index (χ1v) is 10.6.